The van der Waals surface area contributed by atoms with E-state index in [1.54, 1.807) is 6.07 Å². The van der Waals surface area contributed by atoms with Crippen LogP contribution in [0, 0.1) is 0 Å². The molecular formula is C29H54N2O4S. The predicted octanol–water partition coefficient (Wildman–Crippen LogP) is 7.99. The van der Waals surface area contributed by atoms with Gasteiger partial charge in [0.25, 0.3) is 0 Å². The maximum absolute atomic E-state index is 13.5. The lowest BCUT2D eigenvalue weighted by molar-refractivity contribution is 0.323. The highest BCUT2D eigenvalue weighted by Crippen LogP contribution is 2.34. The van der Waals surface area contributed by atoms with E-state index in [0.29, 0.717) is 24.7 Å². The van der Waals surface area contributed by atoms with Crippen LogP contribution in [0.2, 0.25) is 0 Å². The van der Waals surface area contributed by atoms with Crippen molar-refractivity contribution in [3.8, 4) is 11.5 Å². The summed E-state index contributed by atoms with van der Waals surface area (Å²) in [6.45, 7) is 8.91. The molecule has 0 saturated heterocycles. The third kappa shape index (κ3) is 13.2. The minimum atomic E-state index is -3.79. The van der Waals surface area contributed by atoms with Gasteiger partial charge in [0.2, 0.25) is 10.0 Å². The molecule has 0 unspecified atom stereocenters. The van der Waals surface area contributed by atoms with E-state index in [1.165, 1.54) is 70.3 Å². The maximum Gasteiger partial charge on any atom is 0.244 e. The Hall–Kier alpha value is -1.47. The lowest BCUT2D eigenvalue weighted by atomic mass is 10.0. The van der Waals surface area contributed by atoms with Crippen molar-refractivity contribution in [3.05, 3.63) is 12.1 Å². The van der Waals surface area contributed by atoms with E-state index in [9.17, 15) is 8.42 Å². The molecule has 0 spiro atoms. The van der Waals surface area contributed by atoms with Crippen molar-refractivity contribution in [1.29, 1.82) is 0 Å². The molecule has 3 N–H and O–H groups in total. The molecule has 0 aliphatic rings. The average Bonchev–Trinajstić information content (AvgIpc) is 2.84. The molecule has 1 aromatic carbocycles. The zero-order chi connectivity index (χ0) is 26.7. The van der Waals surface area contributed by atoms with Crippen LogP contribution in [0.15, 0.2) is 17.0 Å². The first-order valence-corrected chi connectivity index (χ1v) is 16.1. The molecule has 0 aromatic heterocycles. The van der Waals surface area contributed by atoms with Crippen molar-refractivity contribution >= 4 is 15.7 Å². The molecule has 1 rings (SSSR count). The van der Waals surface area contributed by atoms with E-state index in [-0.39, 0.29) is 16.7 Å². The van der Waals surface area contributed by atoms with E-state index in [4.69, 9.17) is 15.2 Å². The highest BCUT2D eigenvalue weighted by atomic mass is 32.2. The van der Waals surface area contributed by atoms with E-state index in [2.05, 4.69) is 18.6 Å². The first kappa shape index (κ1) is 32.6. The summed E-state index contributed by atoms with van der Waals surface area (Å²) >= 11 is 0. The van der Waals surface area contributed by atoms with Crippen molar-refractivity contribution in [2.24, 2.45) is 0 Å². The topological polar surface area (TPSA) is 90.7 Å². The van der Waals surface area contributed by atoms with E-state index in [1.807, 2.05) is 13.8 Å². The van der Waals surface area contributed by atoms with Crippen LogP contribution >= 0.6 is 0 Å². The molecule has 0 amide bonds. The number of nitrogens with two attached hydrogens (primary N) is 1. The van der Waals surface area contributed by atoms with Crippen LogP contribution in [-0.4, -0.2) is 27.7 Å². The zero-order valence-electron chi connectivity index (χ0n) is 23.6. The number of benzene rings is 1. The summed E-state index contributed by atoms with van der Waals surface area (Å²) < 4.78 is 41.3. The van der Waals surface area contributed by atoms with Gasteiger partial charge in [-0.2, -0.15) is 0 Å². The van der Waals surface area contributed by atoms with Gasteiger partial charge in [-0.1, -0.05) is 104 Å². The van der Waals surface area contributed by atoms with Crippen molar-refractivity contribution < 1.29 is 17.9 Å². The smallest absolute Gasteiger partial charge is 0.244 e. The molecule has 0 fully saturated rings. The number of nitrogen functional groups attached to an aromatic ring is 1. The second-order valence-electron chi connectivity index (χ2n) is 9.84. The van der Waals surface area contributed by atoms with Crippen LogP contribution in [0.3, 0.4) is 0 Å². The quantitative estimate of drug-likeness (QED) is 0.111. The molecule has 0 atom stereocenters. The summed E-state index contributed by atoms with van der Waals surface area (Å²) in [6.07, 6.45) is 18.8. The number of sulfonamides is 1. The standard InChI is InChI=1S/C29H54N2O4S/c1-5-9-11-13-15-17-19-21-25(22-20-18-16-14-12-10-6-2)31-36(32,33)29-24-27(34-7-3)26(30)23-28(29)35-8-4/h23-25,31H,5-22,30H2,1-4H3. The lowest BCUT2D eigenvalue weighted by Crippen LogP contribution is -2.35. The minimum absolute atomic E-state index is 0.0798. The summed E-state index contributed by atoms with van der Waals surface area (Å²) in [6, 6.07) is 2.99. The Kier molecular flexibility index (Phi) is 17.7. The number of nitrogens with one attached hydrogen (secondary N) is 1. The predicted molar refractivity (Wildman–Crippen MR) is 153 cm³/mol. The third-order valence-electron chi connectivity index (χ3n) is 6.60. The fourth-order valence-electron chi connectivity index (χ4n) is 4.56. The van der Waals surface area contributed by atoms with Gasteiger partial charge >= 0.3 is 0 Å². The molecule has 6 nitrogen and oxygen atoms in total. The Bertz CT molecular complexity index is 781. The minimum Gasteiger partial charge on any atom is -0.492 e. The number of ether oxygens (including phenoxy) is 2. The molecule has 0 aliphatic heterocycles. The first-order chi connectivity index (χ1) is 17.4. The first-order valence-electron chi connectivity index (χ1n) is 14.6. The van der Waals surface area contributed by atoms with E-state index < -0.39 is 10.0 Å². The molecule has 36 heavy (non-hydrogen) atoms. The van der Waals surface area contributed by atoms with Gasteiger partial charge in [-0.3, -0.25) is 0 Å². The van der Waals surface area contributed by atoms with Crippen LogP contribution in [-0.2, 0) is 10.0 Å². The Morgan fingerprint density at radius 3 is 1.61 bits per heavy atom. The number of hydrogen-bond acceptors (Lipinski definition) is 5. The van der Waals surface area contributed by atoms with Gasteiger partial charge in [0, 0.05) is 18.2 Å². The second-order valence-corrected chi connectivity index (χ2v) is 11.5. The Morgan fingerprint density at radius 2 is 1.14 bits per heavy atom. The molecule has 0 radical (unpaired) electrons. The molecule has 1 aromatic rings. The normalized spacial score (nSPS) is 11.8. The monoisotopic (exact) mass is 526 g/mol. The van der Waals surface area contributed by atoms with Gasteiger partial charge in [0.15, 0.2) is 0 Å². The SMILES string of the molecule is CCCCCCCCCC(CCCCCCCCC)NS(=O)(=O)c1cc(OCC)c(N)cc1OCC. The Labute approximate surface area is 222 Å². The van der Waals surface area contributed by atoms with Crippen molar-refractivity contribution in [3.63, 3.8) is 0 Å². The number of anilines is 1. The van der Waals surface area contributed by atoms with E-state index >= 15 is 0 Å². The molecular weight excluding hydrogens is 472 g/mol. The Morgan fingerprint density at radius 1 is 0.694 bits per heavy atom. The second kappa shape index (κ2) is 19.6. The summed E-state index contributed by atoms with van der Waals surface area (Å²) in [5.74, 6) is 0.647. The van der Waals surface area contributed by atoms with Crippen molar-refractivity contribution in [1.82, 2.24) is 4.72 Å². The highest BCUT2D eigenvalue weighted by molar-refractivity contribution is 7.89. The van der Waals surface area contributed by atoms with Gasteiger partial charge in [-0.15, -0.1) is 0 Å². The molecule has 0 bridgehead atoms. The Balaban J connectivity index is 2.87. The fraction of sp³-hybridized carbons (Fsp3) is 0.793. The van der Waals surface area contributed by atoms with Crippen LogP contribution in [0.1, 0.15) is 130 Å². The van der Waals surface area contributed by atoms with Gasteiger partial charge in [0.1, 0.15) is 16.4 Å². The molecule has 0 saturated carbocycles. The molecule has 210 valence electrons. The summed E-state index contributed by atoms with van der Waals surface area (Å²) in [4.78, 5) is 0.103. The average molecular weight is 527 g/mol. The van der Waals surface area contributed by atoms with Crippen LogP contribution in [0.5, 0.6) is 11.5 Å². The third-order valence-corrected chi connectivity index (χ3v) is 8.14. The summed E-state index contributed by atoms with van der Waals surface area (Å²) in [5.41, 5.74) is 6.46. The van der Waals surface area contributed by atoms with Gasteiger partial charge in [0.05, 0.1) is 18.9 Å². The summed E-state index contributed by atoms with van der Waals surface area (Å²) in [7, 11) is -3.79. The maximum atomic E-state index is 13.5. The number of unbranched alkanes of at least 4 members (excludes halogenated alkanes) is 12. The van der Waals surface area contributed by atoms with Crippen LogP contribution < -0.4 is 19.9 Å². The summed E-state index contributed by atoms with van der Waals surface area (Å²) in [5, 5.41) is 0. The highest BCUT2D eigenvalue weighted by Gasteiger charge is 2.25. The lowest BCUT2D eigenvalue weighted by Gasteiger charge is -2.21. The number of rotatable bonds is 23. The van der Waals surface area contributed by atoms with Gasteiger partial charge in [-0.05, 0) is 26.7 Å². The van der Waals surface area contributed by atoms with Crippen molar-refractivity contribution in [2.75, 3.05) is 18.9 Å². The molecule has 7 heteroatoms. The van der Waals surface area contributed by atoms with Gasteiger partial charge in [-0.25, -0.2) is 13.1 Å². The van der Waals surface area contributed by atoms with Crippen molar-refractivity contribution in [2.45, 2.75) is 141 Å². The van der Waals surface area contributed by atoms with Gasteiger partial charge < -0.3 is 15.2 Å². The molecule has 0 aliphatic carbocycles. The van der Waals surface area contributed by atoms with Crippen LogP contribution in [0.25, 0.3) is 0 Å². The van der Waals surface area contributed by atoms with E-state index in [0.717, 1.165) is 38.5 Å². The zero-order valence-corrected chi connectivity index (χ0v) is 24.4. The number of hydrogen-bond donors (Lipinski definition) is 2. The molecule has 0 heterocycles. The van der Waals surface area contributed by atoms with Crippen LogP contribution in [0.4, 0.5) is 5.69 Å². The fourth-order valence-corrected chi connectivity index (χ4v) is 6.00. The largest absolute Gasteiger partial charge is 0.492 e.